The zero-order valence-corrected chi connectivity index (χ0v) is 13.5. The van der Waals surface area contributed by atoms with Gasteiger partial charge < -0.3 is 10.4 Å². The van der Waals surface area contributed by atoms with Gasteiger partial charge in [0.1, 0.15) is 0 Å². The van der Waals surface area contributed by atoms with Gasteiger partial charge in [-0.25, -0.2) is 0 Å². The Kier molecular flexibility index (Phi) is 6.44. The van der Waals surface area contributed by atoms with E-state index in [0.29, 0.717) is 19.4 Å². The fraction of sp³-hybridized carbons (Fsp3) is 0.647. The summed E-state index contributed by atoms with van der Waals surface area (Å²) < 4.78 is 38.2. The third-order valence-corrected chi connectivity index (χ3v) is 4.31. The predicted octanol–water partition coefficient (Wildman–Crippen LogP) is 2.86. The van der Waals surface area contributed by atoms with Crippen molar-refractivity contribution in [2.24, 2.45) is 0 Å². The molecule has 1 aliphatic heterocycles. The van der Waals surface area contributed by atoms with Gasteiger partial charge in [-0.1, -0.05) is 25.1 Å². The molecule has 1 aromatic rings. The zero-order valence-electron chi connectivity index (χ0n) is 13.5. The van der Waals surface area contributed by atoms with Crippen LogP contribution in [0.3, 0.4) is 0 Å². The van der Waals surface area contributed by atoms with Crippen LogP contribution in [0.25, 0.3) is 0 Å². The number of nitrogens with one attached hydrogen (secondary N) is 1. The maximum atomic E-state index is 12.7. The molecule has 23 heavy (non-hydrogen) atoms. The van der Waals surface area contributed by atoms with Crippen LogP contribution in [0.1, 0.15) is 36.5 Å². The van der Waals surface area contributed by atoms with E-state index in [2.05, 4.69) is 11.4 Å². The van der Waals surface area contributed by atoms with Gasteiger partial charge in [-0.05, 0) is 42.5 Å². The fourth-order valence-corrected chi connectivity index (χ4v) is 3.12. The summed E-state index contributed by atoms with van der Waals surface area (Å²) in [4.78, 5) is 1.54. The second kappa shape index (κ2) is 8.13. The molecule has 0 spiro atoms. The van der Waals surface area contributed by atoms with Crippen LogP contribution >= 0.6 is 0 Å². The van der Waals surface area contributed by atoms with Crippen LogP contribution in [0.5, 0.6) is 0 Å². The smallest absolute Gasteiger partial charge is 0.396 e. The van der Waals surface area contributed by atoms with Crippen LogP contribution in [-0.2, 0) is 19.5 Å². The Balaban J connectivity index is 2.03. The van der Waals surface area contributed by atoms with Gasteiger partial charge >= 0.3 is 6.18 Å². The number of rotatable bonds is 7. The summed E-state index contributed by atoms with van der Waals surface area (Å²) in [7, 11) is 0. The van der Waals surface area contributed by atoms with Crippen LogP contribution in [0, 0.1) is 0 Å². The lowest BCUT2D eigenvalue weighted by Crippen LogP contribution is -2.45. The molecule has 1 aliphatic rings. The van der Waals surface area contributed by atoms with Crippen LogP contribution in [-0.4, -0.2) is 41.9 Å². The molecule has 0 fully saturated rings. The summed E-state index contributed by atoms with van der Waals surface area (Å²) in [6.07, 6.45) is -2.04. The van der Waals surface area contributed by atoms with E-state index in [1.165, 1.54) is 0 Å². The third kappa shape index (κ3) is 5.48. The SMILES string of the molecule is CCC1Cc2cc(CNCCCO)ccc2CN1CC(F)(F)F. The first-order chi connectivity index (χ1) is 10.9. The molecule has 1 atom stereocenters. The Labute approximate surface area is 135 Å². The topological polar surface area (TPSA) is 35.5 Å². The van der Waals surface area contributed by atoms with Crippen molar-refractivity contribution < 1.29 is 18.3 Å². The Morgan fingerprint density at radius 1 is 1.30 bits per heavy atom. The molecule has 1 aromatic carbocycles. The zero-order chi connectivity index (χ0) is 16.9. The molecule has 0 saturated heterocycles. The van der Waals surface area contributed by atoms with E-state index >= 15 is 0 Å². The molecule has 1 unspecified atom stereocenters. The van der Waals surface area contributed by atoms with Crippen molar-refractivity contribution in [3.8, 4) is 0 Å². The third-order valence-electron chi connectivity index (χ3n) is 4.31. The first-order valence-electron chi connectivity index (χ1n) is 8.16. The highest BCUT2D eigenvalue weighted by Gasteiger charge is 2.35. The van der Waals surface area contributed by atoms with Crippen molar-refractivity contribution in [2.45, 2.75) is 51.5 Å². The van der Waals surface area contributed by atoms with Crippen molar-refractivity contribution in [1.29, 1.82) is 0 Å². The van der Waals surface area contributed by atoms with Crippen LogP contribution in [0.4, 0.5) is 13.2 Å². The van der Waals surface area contributed by atoms with Crippen molar-refractivity contribution in [2.75, 3.05) is 19.7 Å². The highest BCUT2D eigenvalue weighted by atomic mass is 19.4. The highest BCUT2D eigenvalue weighted by molar-refractivity contribution is 5.34. The minimum atomic E-state index is -4.15. The monoisotopic (exact) mass is 330 g/mol. The number of benzene rings is 1. The normalized spacial score (nSPS) is 18.9. The molecule has 3 nitrogen and oxygen atoms in total. The predicted molar refractivity (Wildman–Crippen MR) is 84.1 cm³/mol. The van der Waals surface area contributed by atoms with Crippen LogP contribution in [0.15, 0.2) is 18.2 Å². The van der Waals surface area contributed by atoms with E-state index in [0.717, 1.165) is 36.2 Å². The molecular weight excluding hydrogens is 305 g/mol. The first kappa shape index (κ1) is 18.2. The number of aliphatic hydroxyl groups is 1. The minimum absolute atomic E-state index is 0.0540. The Hall–Kier alpha value is -1.11. The van der Waals surface area contributed by atoms with E-state index in [9.17, 15) is 13.2 Å². The van der Waals surface area contributed by atoms with Crippen molar-refractivity contribution in [1.82, 2.24) is 10.2 Å². The van der Waals surface area contributed by atoms with Gasteiger partial charge in [-0.2, -0.15) is 13.2 Å². The molecule has 0 amide bonds. The summed E-state index contributed by atoms with van der Waals surface area (Å²) >= 11 is 0. The standard InChI is InChI=1S/C17H25F3N2O/c1-2-16-9-15-8-13(10-21-6-3-7-23)4-5-14(15)11-22(16)12-17(18,19)20/h4-5,8,16,21,23H,2-3,6-7,9-12H2,1H3. The van der Waals surface area contributed by atoms with E-state index in [1.54, 1.807) is 4.90 Å². The number of halogens is 3. The van der Waals surface area contributed by atoms with E-state index in [1.807, 2.05) is 19.1 Å². The average molecular weight is 330 g/mol. The number of nitrogens with zero attached hydrogens (tertiary/aromatic N) is 1. The Morgan fingerprint density at radius 2 is 2.09 bits per heavy atom. The maximum absolute atomic E-state index is 12.7. The number of alkyl halides is 3. The minimum Gasteiger partial charge on any atom is -0.396 e. The second-order valence-corrected chi connectivity index (χ2v) is 6.14. The molecule has 6 heteroatoms. The number of fused-ring (bicyclic) bond motifs is 1. The molecule has 0 radical (unpaired) electrons. The second-order valence-electron chi connectivity index (χ2n) is 6.14. The van der Waals surface area contributed by atoms with E-state index in [-0.39, 0.29) is 12.6 Å². The molecule has 0 bridgehead atoms. The van der Waals surface area contributed by atoms with E-state index < -0.39 is 12.7 Å². The summed E-state index contributed by atoms with van der Waals surface area (Å²) in [5, 5.41) is 12.0. The summed E-state index contributed by atoms with van der Waals surface area (Å²) in [6.45, 7) is 3.12. The van der Waals surface area contributed by atoms with Crippen LogP contribution < -0.4 is 5.32 Å². The van der Waals surface area contributed by atoms with Gasteiger partial charge in [0.2, 0.25) is 0 Å². The van der Waals surface area contributed by atoms with Crippen molar-refractivity contribution in [3.63, 3.8) is 0 Å². The van der Waals surface area contributed by atoms with Gasteiger partial charge in [-0.15, -0.1) is 0 Å². The number of hydrogen-bond acceptors (Lipinski definition) is 3. The number of aliphatic hydroxyl groups excluding tert-OH is 1. The van der Waals surface area contributed by atoms with Gasteiger partial charge in [0.05, 0.1) is 6.54 Å². The van der Waals surface area contributed by atoms with Gasteiger partial charge in [0, 0.05) is 25.7 Å². The molecule has 2 rings (SSSR count). The molecule has 0 aromatic heterocycles. The molecule has 130 valence electrons. The van der Waals surface area contributed by atoms with Crippen molar-refractivity contribution >= 4 is 0 Å². The lowest BCUT2D eigenvalue weighted by atomic mass is 9.91. The van der Waals surface area contributed by atoms with Crippen molar-refractivity contribution in [3.05, 3.63) is 34.9 Å². The molecule has 0 saturated carbocycles. The Bertz CT molecular complexity index is 505. The molecule has 1 heterocycles. The number of hydrogen-bond donors (Lipinski definition) is 2. The average Bonchev–Trinajstić information content (AvgIpc) is 2.49. The quantitative estimate of drug-likeness (QED) is 0.755. The summed E-state index contributed by atoms with van der Waals surface area (Å²) in [6, 6.07) is 5.98. The fourth-order valence-electron chi connectivity index (χ4n) is 3.12. The molecule has 0 aliphatic carbocycles. The van der Waals surface area contributed by atoms with Gasteiger partial charge in [-0.3, -0.25) is 4.90 Å². The lowest BCUT2D eigenvalue weighted by Gasteiger charge is -2.37. The Morgan fingerprint density at radius 3 is 2.74 bits per heavy atom. The summed E-state index contributed by atoms with van der Waals surface area (Å²) in [5.74, 6) is 0. The van der Waals surface area contributed by atoms with Gasteiger partial charge in [0.25, 0.3) is 0 Å². The summed E-state index contributed by atoms with van der Waals surface area (Å²) in [5.41, 5.74) is 3.30. The van der Waals surface area contributed by atoms with Gasteiger partial charge in [0.15, 0.2) is 0 Å². The van der Waals surface area contributed by atoms with E-state index in [4.69, 9.17) is 5.11 Å². The molecular formula is C17H25F3N2O. The largest absolute Gasteiger partial charge is 0.401 e. The first-order valence-corrected chi connectivity index (χ1v) is 8.16. The van der Waals surface area contributed by atoms with Crippen LogP contribution in [0.2, 0.25) is 0 Å². The highest BCUT2D eigenvalue weighted by Crippen LogP contribution is 2.29. The maximum Gasteiger partial charge on any atom is 0.401 e. The molecule has 2 N–H and O–H groups in total. The lowest BCUT2D eigenvalue weighted by molar-refractivity contribution is -0.153.